The molecule has 6 nitrogen and oxygen atoms in total. The number of para-hydroxylation sites is 1. The fourth-order valence-electron chi connectivity index (χ4n) is 1.60. The molecule has 20 heavy (non-hydrogen) atoms. The van der Waals surface area contributed by atoms with Gasteiger partial charge < -0.3 is 9.84 Å². The van der Waals surface area contributed by atoms with Crippen LogP contribution in [0.1, 0.15) is 0 Å². The highest BCUT2D eigenvalue weighted by atomic mass is 32.2. The van der Waals surface area contributed by atoms with Gasteiger partial charge >= 0.3 is 5.97 Å². The third-order valence-corrected chi connectivity index (χ3v) is 5.02. The summed E-state index contributed by atoms with van der Waals surface area (Å²) in [6, 6.07) is 6.16. The van der Waals surface area contributed by atoms with Crippen molar-refractivity contribution in [3.63, 3.8) is 0 Å². The van der Waals surface area contributed by atoms with Crippen LogP contribution in [0.25, 0.3) is 0 Å². The van der Waals surface area contributed by atoms with Gasteiger partial charge in [-0.2, -0.15) is 16.1 Å². The molecule has 8 heteroatoms. The Hall–Kier alpha value is -1.25. The quantitative estimate of drug-likeness (QED) is 0.773. The Labute approximate surface area is 122 Å². The maximum Gasteiger partial charge on any atom is 0.318 e. The van der Waals surface area contributed by atoms with E-state index < -0.39 is 22.5 Å². The van der Waals surface area contributed by atoms with Gasteiger partial charge in [-0.05, 0) is 18.4 Å². The van der Waals surface area contributed by atoms with E-state index in [1.807, 2.05) is 6.26 Å². The lowest BCUT2D eigenvalue weighted by molar-refractivity contribution is -0.137. The maximum absolute atomic E-state index is 12.5. The van der Waals surface area contributed by atoms with E-state index in [4.69, 9.17) is 9.84 Å². The van der Waals surface area contributed by atoms with Gasteiger partial charge in [0.15, 0.2) is 0 Å². The highest BCUT2D eigenvalue weighted by Crippen LogP contribution is 2.26. The van der Waals surface area contributed by atoms with E-state index in [1.165, 1.54) is 31.0 Å². The third kappa shape index (κ3) is 4.12. The number of carboxylic acids is 1. The summed E-state index contributed by atoms with van der Waals surface area (Å²) < 4.78 is 31.0. The molecule has 112 valence electrons. The molecular weight excluding hydrogens is 302 g/mol. The van der Waals surface area contributed by atoms with Crippen LogP contribution in [-0.4, -0.2) is 56.0 Å². The van der Waals surface area contributed by atoms with E-state index in [9.17, 15) is 13.2 Å². The van der Waals surface area contributed by atoms with Crippen LogP contribution < -0.4 is 4.74 Å². The van der Waals surface area contributed by atoms with Gasteiger partial charge in [0.1, 0.15) is 17.2 Å². The molecule has 0 heterocycles. The molecular formula is C12H17NO5S2. The Morgan fingerprint density at radius 1 is 1.40 bits per heavy atom. The van der Waals surface area contributed by atoms with Crippen molar-refractivity contribution in [1.82, 2.24) is 4.31 Å². The topological polar surface area (TPSA) is 83.9 Å². The number of nitrogens with zero attached hydrogens (tertiary/aromatic N) is 1. The van der Waals surface area contributed by atoms with Crippen molar-refractivity contribution >= 4 is 27.8 Å². The van der Waals surface area contributed by atoms with E-state index in [-0.39, 0.29) is 17.2 Å². The number of rotatable bonds is 8. The molecule has 0 amide bonds. The molecule has 0 aliphatic heterocycles. The Balaban J connectivity index is 3.17. The van der Waals surface area contributed by atoms with Crippen molar-refractivity contribution in [1.29, 1.82) is 0 Å². The number of ether oxygens (including phenoxy) is 1. The lowest BCUT2D eigenvalue weighted by atomic mass is 10.3. The second kappa shape index (κ2) is 7.51. The van der Waals surface area contributed by atoms with Gasteiger partial charge in [0.25, 0.3) is 0 Å². The highest BCUT2D eigenvalue weighted by Gasteiger charge is 2.28. The number of hydrogen-bond acceptors (Lipinski definition) is 5. The summed E-state index contributed by atoms with van der Waals surface area (Å²) >= 11 is 1.45. The standard InChI is InChI=1S/C12H17NO5S2/c1-18-10-5-3-4-6-11(10)20(16,17)13(7-8-19-2)9-12(14)15/h3-6H,7-9H2,1-2H3,(H,14,15). The van der Waals surface area contributed by atoms with Crippen LogP contribution in [0.15, 0.2) is 29.2 Å². The molecule has 0 radical (unpaired) electrons. The van der Waals surface area contributed by atoms with Crippen molar-refractivity contribution in [3.05, 3.63) is 24.3 Å². The zero-order chi connectivity index (χ0) is 15.2. The minimum Gasteiger partial charge on any atom is -0.495 e. The van der Waals surface area contributed by atoms with E-state index in [2.05, 4.69) is 0 Å². The van der Waals surface area contributed by atoms with E-state index in [0.717, 1.165) is 4.31 Å². The summed E-state index contributed by atoms with van der Waals surface area (Å²) in [7, 11) is -2.52. The fourth-order valence-corrected chi connectivity index (χ4v) is 3.66. The highest BCUT2D eigenvalue weighted by molar-refractivity contribution is 7.98. The van der Waals surface area contributed by atoms with Gasteiger partial charge in [0, 0.05) is 12.3 Å². The average molecular weight is 319 g/mol. The maximum atomic E-state index is 12.5. The Kier molecular flexibility index (Phi) is 6.31. The largest absolute Gasteiger partial charge is 0.495 e. The van der Waals surface area contributed by atoms with Crippen molar-refractivity contribution < 1.29 is 23.1 Å². The molecule has 0 saturated carbocycles. The first-order chi connectivity index (χ1) is 9.43. The van der Waals surface area contributed by atoms with Crippen molar-refractivity contribution in [2.24, 2.45) is 0 Å². The summed E-state index contributed by atoms with van der Waals surface area (Å²) in [6.07, 6.45) is 1.83. The minimum absolute atomic E-state index is 0.0233. The lowest BCUT2D eigenvalue weighted by Gasteiger charge is -2.21. The number of aliphatic carboxylic acids is 1. The molecule has 0 spiro atoms. The van der Waals surface area contributed by atoms with Crippen LogP contribution in [0.2, 0.25) is 0 Å². The van der Waals surface area contributed by atoms with Gasteiger partial charge in [-0.25, -0.2) is 8.42 Å². The number of methoxy groups -OCH3 is 1. The van der Waals surface area contributed by atoms with Crippen LogP contribution in [0.4, 0.5) is 0 Å². The van der Waals surface area contributed by atoms with Gasteiger partial charge in [0.05, 0.1) is 7.11 Å². The van der Waals surface area contributed by atoms with Crippen LogP contribution in [0.3, 0.4) is 0 Å². The molecule has 1 aromatic rings. The number of benzene rings is 1. The zero-order valence-electron chi connectivity index (χ0n) is 11.3. The van der Waals surface area contributed by atoms with Crippen LogP contribution in [-0.2, 0) is 14.8 Å². The molecule has 0 unspecified atom stereocenters. The molecule has 0 aromatic heterocycles. The van der Waals surface area contributed by atoms with Gasteiger partial charge in [-0.3, -0.25) is 4.79 Å². The summed E-state index contributed by atoms with van der Waals surface area (Å²) in [5.74, 6) is -0.474. The first-order valence-corrected chi connectivity index (χ1v) is 8.60. The lowest BCUT2D eigenvalue weighted by Crippen LogP contribution is -2.37. The monoisotopic (exact) mass is 319 g/mol. The first-order valence-electron chi connectivity index (χ1n) is 5.77. The smallest absolute Gasteiger partial charge is 0.318 e. The minimum atomic E-state index is -3.90. The SMILES string of the molecule is COc1ccccc1S(=O)(=O)N(CCSC)CC(=O)O. The van der Waals surface area contributed by atoms with Crippen molar-refractivity contribution in [2.75, 3.05) is 32.2 Å². The summed E-state index contributed by atoms with van der Waals surface area (Å²) in [5, 5.41) is 8.88. The molecule has 1 aromatic carbocycles. The van der Waals surface area contributed by atoms with E-state index >= 15 is 0 Å². The second-order valence-corrected chi connectivity index (χ2v) is 6.77. The molecule has 0 bridgehead atoms. The van der Waals surface area contributed by atoms with Crippen molar-refractivity contribution in [3.8, 4) is 5.75 Å². The van der Waals surface area contributed by atoms with Crippen LogP contribution in [0, 0.1) is 0 Å². The molecule has 0 fully saturated rings. The Bertz CT molecular complexity index is 559. The Morgan fingerprint density at radius 3 is 2.60 bits per heavy atom. The third-order valence-electron chi connectivity index (χ3n) is 2.54. The molecule has 0 saturated heterocycles. The summed E-state index contributed by atoms with van der Waals surface area (Å²) in [5.41, 5.74) is 0. The molecule has 0 aliphatic carbocycles. The van der Waals surface area contributed by atoms with Gasteiger partial charge in [-0.15, -0.1) is 0 Å². The number of hydrogen-bond donors (Lipinski definition) is 1. The number of sulfonamides is 1. The predicted octanol–water partition coefficient (Wildman–Crippen LogP) is 1.13. The van der Waals surface area contributed by atoms with Gasteiger partial charge in [0.2, 0.25) is 10.0 Å². The zero-order valence-corrected chi connectivity index (χ0v) is 12.9. The number of carbonyl (C=O) groups is 1. The number of carboxylic acid groups (broad SMARTS) is 1. The Morgan fingerprint density at radius 2 is 2.05 bits per heavy atom. The molecule has 1 rings (SSSR count). The second-order valence-electron chi connectivity index (χ2n) is 3.88. The molecule has 0 atom stereocenters. The molecule has 0 aliphatic rings. The van der Waals surface area contributed by atoms with Gasteiger partial charge in [-0.1, -0.05) is 12.1 Å². The first kappa shape index (κ1) is 16.8. The van der Waals surface area contributed by atoms with Crippen LogP contribution in [0.5, 0.6) is 5.75 Å². The van der Waals surface area contributed by atoms with E-state index in [0.29, 0.717) is 5.75 Å². The normalized spacial score (nSPS) is 11.6. The molecule has 1 N–H and O–H groups in total. The van der Waals surface area contributed by atoms with Crippen LogP contribution >= 0.6 is 11.8 Å². The average Bonchev–Trinajstić information content (AvgIpc) is 2.42. The summed E-state index contributed by atoms with van der Waals surface area (Å²) in [4.78, 5) is 10.8. The fraction of sp³-hybridized carbons (Fsp3) is 0.417. The summed E-state index contributed by atoms with van der Waals surface area (Å²) in [6.45, 7) is -0.436. The van der Waals surface area contributed by atoms with E-state index in [1.54, 1.807) is 12.1 Å². The van der Waals surface area contributed by atoms with Crippen molar-refractivity contribution in [2.45, 2.75) is 4.90 Å². The predicted molar refractivity (Wildman–Crippen MR) is 77.8 cm³/mol. The number of thioether (sulfide) groups is 1.